The van der Waals surface area contributed by atoms with Gasteiger partial charge in [-0.15, -0.1) is 21.8 Å². The van der Waals surface area contributed by atoms with Crippen LogP contribution in [0.15, 0.2) is 24.3 Å². The highest BCUT2D eigenvalue weighted by Gasteiger charge is 2.16. The van der Waals surface area contributed by atoms with E-state index in [1.165, 1.54) is 12.8 Å². The van der Waals surface area contributed by atoms with Gasteiger partial charge in [-0.1, -0.05) is 0 Å². The molecule has 1 aromatic heterocycles. The maximum absolute atomic E-state index is 11.2. The molecule has 0 radical (unpaired) electrons. The van der Waals surface area contributed by atoms with Crippen LogP contribution in [0, 0.1) is 0 Å². The number of amides is 1. The molecule has 0 saturated heterocycles. The number of hydrogen-bond donors (Lipinski definition) is 1. The number of hydrogen-bond acceptors (Lipinski definition) is 3. The van der Waals surface area contributed by atoms with E-state index < -0.39 is 0 Å². The van der Waals surface area contributed by atoms with Crippen LogP contribution in [0.5, 0.6) is 0 Å². The highest BCUT2D eigenvalue weighted by molar-refractivity contribution is 6.29. The van der Waals surface area contributed by atoms with Crippen LogP contribution < -0.4 is 5.32 Å². The summed E-state index contributed by atoms with van der Waals surface area (Å²) in [5.41, 5.74) is 1.74. The third-order valence-corrected chi connectivity index (χ3v) is 3.65. The van der Waals surface area contributed by atoms with Crippen molar-refractivity contribution in [1.82, 2.24) is 14.8 Å². The number of alkyl halides is 1. The summed E-state index contributed by atoms with van der Waals surface area (Å²) in [6, 6.07) is 7.58. The fourth-order valence-electron chi connectivity index (χ4n) is 2.42. The van der Waals surface area contributed by atoms with Crippen molar-refractivity contribution in [1.29, 1.82) is 0 Å². The second-order valence-corrected chi connectivity index (χ2v) is 5.07. The lowest BCUT2D eigenvalue weighted by atomic mass is 10.1. The molecule has 0 saturated carbocycles. The summed E-state index contributed by atoms with van der Waals surface area (Å²) in [6.07, 6.45) is 3.35. The number of anilines is 1. The predicted molar refractivity (Wildman–Crippen MR) is 77.7 cm³/mol. The van der Waals surface area contributed by atoms with Crippen molar-refractivity contribution < 1.29 is 4.79 Å². The van der Waals surface area contributed by atoms with E-state index in [1.54, 1.807) is 0 Å². The van der Waals surface area contributed by atoms with Gasteiger partial charge in [-0.3, -0.25) is 4.79 Å². The van der Waals surface area contributed by atoms with Gasteiger partial charge in [0.2, 0.25) is 5.91 Å². The van der Waals surface area contributed by atoms with Gasteiger partial charge in [0.25, 0.3) is 0 Å². The molecule has 3 rings (SSSR count). The first kappa shape index (κ1) is 13.1. The van der Waals surface area contributed by atoms with Crippen LogP contribution in [-0.2, 0) is 17.8 Å². The van der Waals surface area contributed by atoms with Gasteiger partial charge in [-0.25, -0.2) is 0 Å². The Bertz CT molecular complexity index is 621. The third-order valence-electron chi connectivity index (χ3n) is 3.41. The number of aryl methyl sites for hydroxylation is 1. The molecule has 104 valence electrons. The minimum absolute atomic E-state index is 0.0422. The molecule has 1 aliphatic rings. The minimum Gasteiger partial charge on any atom is -0.325 e. The van der Waals surface area contributed by atoms with Crippen molar-refractivity contribution in [3.63, 3.8) is 0 Å². The van der Waals surface area contributed by atoms with Crippen LogP contribution >= 0.6 is 11.6 Å². The van der Waals surface area contributed by atoms with E-state index in [0.29, 0.717) is 0 Å². The van der Waals surface area contributed by atoms with Gasteiger partial charge in [0.1, 0.15) is 11.7 Å². The van der Waals surface area contributed by atoms with Crippen molar-refractivity contribution >= 4 is 23.2 Å². The smallest absolute Gasteiger partial charge is 0.239 e. The summed E-state index contributed by atoms with van der Waals surface area (Å²) in [6.45, 7) is 0.975. The molecule has 0 bridgehead atoms. The van der Waals surface area contributed by atoms with E-state index in [2.05, 4.69) is 20.1 Å². The van der Waals surface area contributed by atoms with Gasteiger partial charge in [-0.05, 0) is 37.1 Å². The maximum atomic E-state index is 11.2. The van der Waals surface area contributed by atoms with Crippen molar-refractivity contribution in [3.8, 4) is 11.4 Å². The molecule has 0 spiro atoms. The van der Waals surface area contributed by atoms with Crippen LogP contribution in [0.1, 0.15) is 18.7 Å². The number of halogens is 1. The van der Waals surface area contributed by atoms with Crippen LogP contribution in [-0.4, -0.2) is 26.6 Å². The molecule has 1 aliphatic heterocycles. The maximum Gasteiger partial charge on any atom is 0.239 e. The molecule has 20 heavy (non-hydrogen) atoms. The lowest BCUT2D eigenvalue weighted by Crippen LogP contribution is -2.12. The van der Waals surface area contributed by atoms with Crippen LogP contribution in [0.3, 0.4) is 0 Å². The third kappa shape index (κ3) is 2.54. The Labute approximate surface area is 122 Å². The van der Waals surface area contributed by atoms with Gasteiger partial charge in [-0.2, -0.15) is 0 Å². The average molecular weight is 291 g/mol. The number of carbonyl (C=O) groups is 1. The molecule has 0 fully saturated rings. The predicted octanol–water partition coefficient (Wildman–Crippen LogP) is 2.46. The van der Waals surface area contributed by atoms with E-state index in [4.69, 9.17) is 11.6 Å². The summed E-state index contributed by atoms with van der Waals surface area (Å²) in [7, 11) is 0. The number of aromatic nitrogens is 3. The highest BCUT2D eigenvalue weighted by Crippen LogP contribution is 2.24. The molecule has 2 aromatic rings. The number of nitrogens with one attached hydrogen (secondary N) is 1. The Morgan fingerprint density at radius 2 is 2.05 bits per heavy atom. The topological polar surface area (TPSA) is 59.8 Å². The average Bonchev–Trinajstić information content (AvgIpc) is 2.92. The first-order valence-corrected chi connectivity index (χ1v) is 7.20. The van der Waals surface area contributed by atoms with Crippen LogP contribution in [0.2, 0.25) is 0 Å². The fourth-order valence-corrected chi connectivity index (χ4v) is 2.49. The lowest BCUT2D eigenvalue weighted by Gasteiger charge is -2.14. The van der Waals surface area contributed by atoms with Crippen molar-refractivity contribution in [2.75, 3.05) is 11.2 Å². The van der Waals surface area contributed by atoms with Gasteiger partial charge in [0.05, 0.1) is 0 Å². The molecular formula is C14H15ClN4O. The monoisotopic (exact) mass is 290 g/mol. The van der Waals surface area contributed by atoms with Crippen LogP contribution in [0.4, 0.5) is 5.69 Å². The van der Waals surface area contributed by atoms with Crippen LogP contribution in [0.25, 0.3) is 11.4 Å². The lowest BCUT2D eigenvalue weighted by molar-refractivity contribution is -0.113. The van der Waals surface area contributed by atoms with Crippen molar-refractivity contribution in [2.45, 2.75) is 25.8 Å². The van der Waals surface area contributed by atoms with E-state index in [1.807, 2.05) is 24.3 Å². The van der Waals surface area contributed by atoms with Gasteiger partial charge < -0.3 is 9.88 Å². The number of benzene rings is 1. The number of rotatable bonds is 3. The molecular weight excluding hydrogens is 276 g/mol. The van der Waals surface area contributed by atoms with Gasteiger partial charge in [0.15, 0.2) is 5.82 Å². The fraction of sp³-hybridized carbons (Fsp3) is 0.357. The highest BCUT2D eigenvalue weighted by atomic mass is 35.5. The molecule has 0 atom stereocenters. The van der Waals surface area contributed by atoms with E-state index in [0.717, 1.165) is 35.9 Å². The second-order valence-electron chi connectivity index (χ2n) is 4.81. The Morgan fingerprint density at radius 3 is 2.80 bits per heavy atom. The Hall–Kier alpha value is -1.88. The van der Waals surface area contributed by atoms with E-state index in [-0.39, 0.29) is 11.8 Å². The molecule has 1 aromatic carbocycles. The Kier molecular flexibility index (Phi) is 3.69. The zero-order chi connectivity index (χ0) is 13.9. The molecule has 0 aliphatic carbocycles. The Morgan fingerprint density at radius 1 is 1.25 bits per heavy atom. The largest absolute Gasteiger partial charge is 0.325 e. The van der Waals surface area contributed by atoms with Crippen molar-refractivity contribution in [2.24, 2.45) is 0 Å². The molecule has 1 N–H and O–H groups in total. The van der Waals surface area contributed by atoms with Crippen molar-refractivity contribution in [3.05, 3.63) is 30.1 Å². The zero-order valence-corrected chi connectivity index (χ0v) is 11.7. The SMILES string of the molecule is O=C(CCl)Nc1ccc(-c2nnc3n2CCCC3)cc1. The van der Waals surface area contributed by atoms with E-state index in [9.17, 15) is 4.79 Å². The summed E-state index contributed by atoms with van der Waals surface area (Å²) in [5, 5.41) is 11.2. The zero-order valence-electron chi connectivity index (χ0n) is 11.0. The number of fused-ring (bicyclic) bond motifs is 1. The normalized spacial score (nSPS) is 13.8. The minimum atomic E-state index is -0.209. The molecule has 5 nitrogen and oxygen atoms in total. The number of carbonyl (C=O) groups excluding carboxylic acids is 1. The number of nitrogens with zero attached hydrogens (tertiary/aromatic N) is 3. The summed E-state index contributed by atoms with van der Waals surface area (Å²) >= 11 is 5.46. The van der Waals surface area contributed by atoms with Gasteiger partial charge in [0, 0.05) is 24.2 Å². The first-order valence-electron chi connectivity index (χ1n) is 6.66. The molecule has 0 unspecified atom stereocenters. The second kappa shape index (κ2) is 5.63. The first-order chi connectivity index (χ1) is 9.78. The standard InChI is InChI=1S/C14H15ClN4O/c15-9-13(20)16-11-6-4-10(5-7-11)14-18-17-12-3-1-2-8-19(12)14/h4-7H,1-3,8-9H2,(H,16,20). The van der Waals surface area contributed by atoms with E-state index >= 15 is 0 Å². The van der Waals surface area contributed by atoms with Gasteiger partial charge >= 0.3 is 0 Å². The molecule has 2 heterocycles. The molecule has 6 heteroatoms. The molecule has 1 amide bonds. The Balaban J connectivity index is 1.84. The summed E-state index contributed by atoms with van der Waals surface area (Å²) in [5.74, 6) is 1.71. The summed E-state index contributed by atoms with van der Waals surface area (Å²) in [4.78, 5) is 11.2. The summed E-state index contributed by atoms with van der Waals surface area (Å²) < 4.78 is 2.18. The quantitative estimate of drug-likeness (QED) is 0.883.